The van der Waals surface area contributed by atoms with Crippen LogP contribution in [-0.4, -0.2) is 46.5 Å². The lowest BCUT2D eigenvalue weighted by Gasteiger charge is -2.44. The Morgan fingerprint density at radius 2 is 2.24 bits per heavy atom. The highest BCUT2D eigenvalue weighted by atomic mass is 32.2. The number of hydrogen-bond acceptors (Lipinski definition) is 7. The van der Waals surface area contributed by atoms with Crippen molar-refractivity contribution in [2.24, 2.45) is 0 Å². The summed E-state index contributed by atoms with van der Waals surface area (Å²) in [5.74, 6) is 1.05. The maximum atomic E-state index is 5.97. The Balaban J connectivity index is 1.75. The van der Waals surface area contributed by atoms with Crippen LogP contribution in [0.4, 0.5) is 5.82 Å². The van der Waals surface area contributed by atoms with Crippen LogP contribution in [0, 0.1) is 0 Å². The quantitative estimate of drug-likeness (QED) is 0.792. The molecule has 2 unspecified atom stereocenters. The topological polar surface area (TPSA) is 51.1 Å². The molecule has 112 valence electrons. The molecule has 3 heterocycles. The Hall–Kier alpha value is -0.920. The highest BCUT2D eigenvalue weighted by Gasteiger charge is 2.35. The molecule has 2 fully saturated rings. The molecule has 0 radical (unpaired) electrons. The van der Waals surface area contributed by atoms with Crippen LogP contribution in [0.25, 0.3) is 10.3 Å². The lowest BCUT2D eigenvalue weighted by Crippen LogP contribution is -2.53. The van der Waals surface area contributed by atoms with Gasteiger partial charge in [0.2, 0.25) is 0 Å². The molecule has 0 amide bonds. The van der Waals surface area contributed by atoms with E-state index in [-0.39, 0.29) is 0 Å². The molecule has 0 aromatic carbocycles. The van der Waals surface area contributed by atoms with Gasteiger partial charge in [0, 0.05) is 6.54 Å². The zero-order valence-electron chi connectivity index (χ0n) is 12.0. The van der Waals surface area contributed by atoms with Gasteiger partial charge in [-0.15, -0.1) is 11.3 Å². The number of hydrogen-bond donors (Lipinski definition) is 0. The molecule has 0 N–H and O–H groups in total. The molecule has 2 atom stereocenters. The van der Waals surface area contributed by atoms with Gasteiger partial charge in [-0.1, -0.05) is 24.6 Å². The standard InChI is InChI=1S/C14H18N4OS2/c1-20-14-17-12-11(21-14)13(16-8-15-12)18-6-7-19-10-5-3-2-4-9(10)18/h8-10H,2-7H2,1H3. The highest BCUT2D eigenvalue weighted by molar-refractivity contribution is 8.00. The van der Waals surface area contributed by atoms with E-state index >= 15 is 0 Å². The van der Waals surface area contributed by atoms with E-state index in [9.17, 15) is 0 Å². The van der Waals surface area contributed by atoms with E-state index < -0.39 is 0 Å². The summed E-state index contributed by atoms with van der Waals surface area (Å²) in [4.78, 5) is 15.9. The maximum Gasteiger partial charge on any atom is 0.176 e. The first kappa shape index (κ1) is 13.7. The largest absolute Gasteiger partial charge is 0.374 e. The predicted molar refractivity (Wildman–Crippen MR) is 86.3 cm³/mol. The lowest BCUT2D eigenvalue weighted by atomic mass is 9.90. The van der Waals surface area contributed by atoms with E-state index in [1.165, 1.54) is 25.7 Å². The van der Waals surface area contributed by atoms with E-state index in [1.807, 2.05) is 0 Å². The van der Waals surface area contributed by atoms with Gasteiger partial charge in [-0.3, -0.25) is 0 Å². The molecule has 21 heavy (non-hydrogen) atoms. The van der Waals surface area contributed by atoms with Crippen molar-refractivity contribution in [1.29, 1.82) is 0 Å². The van der Waals surface area contributed by atoms with Gasteiger partial charge in [0.05, 0.1) is 18.8 Å². The third kappa shape index (κ3) is 2.41. The summed E-state index contributed by atoms with van der Waals surface area (Å²) in [7, 11) is 0. The van der Waals surface area contributed by atoms with Gasteiger partial charge in [0.1, 0.15) is 11.0 Å². The van der Waals surface area contributed by atoms with Crippen molar-refractivity contribution in [3.05, 3.63) is 6.33 Å². The summed E-state index contributed by atoms with van der Waals surface area (Å²) in [6.45, 7) is 1.71. The van der Waals surface area contributed by atoms with Gasteiger partial charge < -0.3 is 9.64 Å². The summed E-state index contributed by atoms with van der Waals surface area (Å²) >= 11 is 3.37. The van der Waals surface area contributed by atoms with Gasteiger partial charge in [-0.2, -0.15) is 0 Å². The minimum absolute atomic E-state index is 0.366. The Morgan fingerprint density at radius 1 is 1.33 bits per heavy atom. The van der Waals surface area contributed by atoms with Crippen molar-refractivity contribution < 1.29 is 4.74 Å². The van der Waals surface area contributed by atoms with Crippen LogP contribution >= 0.6 is 23.1 Å². The van der Waals surface area contributed by atoms with Crippen LogP contribution in [0.5, 0.6) is 0 Å². The molecule has 2 aromatic rings. The Bertz CT molecular complexity index is 645. The van der Waals surface area contributed by atoms with Crippen LogP contribution in [0.3, 0.4) is 0 Å². The summed E-state index contributed by atoms with van der Waals surface area (Å²) in [6.07, 6.45) is 9.01. The molecule has 1 aliphatic carbocycles. The number of fused-ring (bicyclic) bond motifs is 2. The van der Waals surface area contributed by atoms with Gasteiger partial charge in [-0.05, 0) is 19.1 Å². The van der Waals surface area contributed by atoms with Crippen LogP contribution in [-0.2, 0) is 4.74 Å². The average molecular weight is 322 g/mol. The van der Waals surface area contributed by atoms with Crippen molar-refractivity contribution in [3.63, 3.8) is 0 Å². The van der Waals surface area contributed by atoms with E-state index in [2.05, 4.69) is 26.1 Å². The molecular formula is C14H18N4OS2. The van der Waals surface area contributed by atoms with Crippen LogP contribution in [0.2, 0.25) is 0 Å². The number of thiazole rings is 1. The van der Waals surface area contributed by atoms with Crippen LogP contribution in [0.15, 0.2) is 10.7 Å². The first-order chi connectivity index (χ1) is 10.4. The summed E-state index contributed by atoms with van der Waals surface area (Å²) < 4.78 is 8.14. The number of nitrogens with zero attached hydrogens (tertiary/aromatic N) is 4. The number of aromatic nitrogens is 3. The van der Waals surface area contributed by atoms with Gasteiger partial charge in [0.15, 0.2) is 15.8 Å². The number of morpholine rings is 1. The van der Waals surface area contributed by atoms with Gasteiger partial charge >= 0.3 is 0 Å². The fourth-order valence-corrected chi connectivity index (χ4v) is 4.89. The maximum absolute atomic E-state index is 5.97. The number of ether oxygens (including phenoxy) is 1. The molecular weight excluding hydrogens is 304 g/mol. The smallest absolute Gasteiger partial charge is 0.176 e. The number of anilines is 1. The number of thioether (sulfide) groups is 1. The molecule has 1 saturated carbocycles. The third-order valence-electron chi connectivity index (χ3n) is 4.33. The fourth-order valence-electron chi connectivity index (χ4n) is 3.37. The molecule has 7 heteroatoms. The zero-order chi connectivity index (χ0) is 14.2. The monoisotopic (exact) mass is 322 g/mol. The minimum Gasteiger partial charge on any atom is -0.374 e. The second-order valence-electron chi connectivity index (χ2n) is 5.49. The lowest BCUT2D eigenvalue weighted by molar-refractivity contribution is -0.00886. The van der Waals surface area contributed by atoms with Crippen molar-refractivity contribution in [2.45, 2.75) is 42.2 Å². The molecule has 4 rings (SSSR count). The van der Waals surface area contributed by atoms with Crippen molar-refractivity contribution in [3.8, 4) is 0 Å². The van der Waals surface area contributed by atoms with Crippen molar-refractivity contribution in [2.75, 3.05) is 24.3 Å². The second-order valence-corrected chi connectivity index (χ2v) is 7.54. The van der Waals surface area contributed by atoms with Crippen molar-refractivity contribution >= 4 is 39.3 Å². The SMILES string of the molecule is CSc1nc2ncnc(N3CCOC4CCCCC43)c2s1. The molecule has 1 saturated heterocycles. The first-order valence-electron chi connectivity index (χ1n) is 7.40. The predicted octanol–water partition coefficient (Wildman–Crippen LogP) is 2.96. The van der Waals surface area contributed by atoms with E-state index in [0.717, 1.165) is 33.7 Å². The summed E-state index contributed by atoms with van der Waals surface area (Å²) in [5.41, 5.74) is 0.827. The van der Waals surface area contributed by atoms with Gasteiger partial charge in [-0.25, -0.2) is 15.0 Å². The third-order valence-corrected chi connectivity index (χ3v) is 6.36. The van der Waals surface area contributed by atoms with Crippen LogP contribution < -0.4 is 4.90 Å². The molecule has 0 spiro atoms. The highest BCUT2D eigenvalue weighted by Crippen LogP contribution is 2.37. The Kier molecular flexibility index (Phi) is 3.72. The molecule has 5 nitrogen and oxygen atoms in total. The van der Waals surface area contributed by atoms with E-state index in [1.54, 1.807) is 29.4 Å². The van der Waals surface area contributed by atoms with E-state index in [4.69, 9.17) is 4.74 Å². The second kappa shape index (κ2) is 5.70. The average Bonchev–Trinajstić information content (AvgIpc) is 2.97. The van der Waals surface area contributed by atoms with Crippen molar-refractivity contribution in [1.82, 2.24) is 15.0 Å². The van der Waals surface area contributed by atoms with Gasteiger partial charge in [0.25, 0.3) is 0 Å². The molecule has 2 aromatic heterocycles. The fraction of sp³-hybridized carbons (Fsp3) is 0.643. The minimum atomic E-state index is 0.366. The molecule has 0 bridgehead atoms. The molecule has 1 aliphatic heterocycles. The van der Waals surface area contributed by atoms with Crippen LogP contribution in [0.1, 0.15) is 25.7 Å². The molecule has 2 aliphatic rings. The zero-order valence-corrected chi connectivity index (χ0v) is 13.6. The van der Waals surface area contributed by atoms with E-state index in [0.29, 0.717) is 12.1 Å². The first-order valence-corrected chi connectivity index (χ1v) is 9.44. The Labute approximate surface area is 132 Å². The summed E-state index contributed by atoms with van der Waals surface area (Å²) in [6, 6.07) is 0.463. The summed E-state index contributed by atoms with van der Waals surface area (Å²) in [5, 5.41) is 0. The number of rotatable bonds is 2. The Morgan fingerprint density at radius 3 is 3.14 bits per heavy atom. The normalized spacial score (nSPS) is 26.0.